The molecule has 1 aliphatic carbocycles. The summed E-state index contributed by atoms with van der Waals surface area (Å²) in [4.78, 5) is 0.444. The van der Waals surface area contributed by atoms with Gasteiger partial charge in [-0.1, -0.05) is 6.07 Å². The van der Waals surface area contributed by atoms with Gasteiger partial charge in [0.25, 0.3) is 0 Å². The number of benzene rings is 1. The van der Waals surface area contributed by atoms with Crippen LogP contribution in [-0.4, -0.2) is 19.7 Å². The lowest BCUT2D eigenvalue weighted by Crippen LogP contribution is -2.22. The van der Waals surface area contributed by atoms with Gasteiger partial charge in [0.15, 0.2) is 9.84 Å². The van der Waals surface area contributed by atoms with E-state index in [2.05, 4.69) is 0 Å². The van der Waals surface area contributed by atoms with E-state index in [1.165, 1.54) is 0 Å². The van der Waals surface area contributed by atoms with Crippen LogP contribution in [0, 0.1) is 13.8 Å². The summed E-state index contributed by atoms with van der Waals surface area (Å²) >= 11 is 0. The summed E-state index contributed by atoms with van der Waals surface area (Å²) in [6.07, 6.45) is 2.10. The van der Waals surface area contributed by atoms with Gasteiger partial charge in [-0.15, -0.1) is 0 Å². The highest BCUT2D eigenvalue weighted by Gasteiger charge is 2.33. The van der Waals surface area contributed by atoms with Gasteiger partial charge in [-0.2, -0.15) is 0 Å². The molecule has 0 aromatic heterocycles. The molecular weight excluding hydrogens is 234 g/mol. The number of sulfone groups is 1. The van der Waals surface area contributed by atoms with Crippen LogP contribution < -0.4 is 5.73 Å². The van der Waals surface area contributed by atoms with Gasteiger partial charge >= 0.3 is 0 Å². The van der Waals surface area contributed by atoms with E-state index in [4.69, 9.17) is 5.73 Å². The number of nitrogens with two attached hydrogens (primary N) is 1. The summed E-state index contributed by atoms with van der Waals surface area (Å²) in [5, 5.41) is -0.292. The molecule has 1 aromatic rings. The molecule has 94 valence electrons. The van der Waals surface area contributed by atoms with Crippen molar-refractivity contribution in [3.63, 3.8) is 0 Å². The minimum atomic E-state index is -3.19. The van der Waals surface area contributed by atoms with E-state index in [1.807, 2.05) is 19.9 Å². The monoisotopic (exact) mass is 253 g/mol. The Morgan fingerprint density at radius 1 is 1.18 bits per heavy atom. The van der Waals surface area contributed by atoms with Crippen LogP contribution in [0.15, 0.2) is 23.1 Å². The Kier molecular flexibility index (Phi) is 3.27. The fourth-order valence-electron chi connectivity index (χ4n) is 2.34. The summed E-state index contributed by atoms with van der Waals surface area (Å²) in [5.74, 6) is 0. The van der Waals surface area contributed by atoms with Crippen LogP contribution >= 0.6 is 0 Å². The second-order valence-corrected chi connectivity index (χ2v) is 7.21. The normalized spacial score (nSPS) is 25.1. The first kappa shape index (κ1) is 12.6. The molecule has 3 nitrogen and oxygen atoms in total. The first-order chi connectivity index (χ1) is 7.91. The van der Waals surface area contributed by atoms with Crippen LogP contribution in [-0.2, 0) is 9.84 Å². The Morgan fingerprint density at radius 3 is 2.41 bits per heavy atom. The van der Waals surface area contributed by atoms with E-state index >= 15 is 0 Å². The lowest BCUT2D eigenvalue weighted by molar-refractivity contribution is 0.578. The fourth-order valence-corrected chi connectivity index (χ4v) is 4.27. The Hall–Kier alpha value is -0.870. The molecule has 0 aliphatic heterocycles. The average Bonchev–Trinajstić information content (AvgIpc) is 2.69. The number of hydrogen-bond donors (Lipinski definition) is 1. The van der Waals surface area contributed by atoms with Gasteiger partial charge in [-0.3, -0.25) is 0 Å². The highest BCUT2D eigenvalue weighted by molar-refractivity contribution is 7.92. The molecule has 2 rings (SSSR count). The topological polar surface area (TPSA) is 60.2 Å². The maximum atomic E-state index is 12.4. The van der Waals surface area contributed by atoms with Crippen LogP contribution in [0.2, 0.25) is 0 Å². The number of rotatable bonds is 2. The lowest BCUT2D eigenvalue weighted by atomic mass is 10.1. The van der Waals surface area contributed by atoms with Crippen molar-refractivity contribution in [2.75, 3.05) is 0 Å². The molecule has 1 fully saturated rings. The van der Waals surface area contributed by atoms with Crippen molar-refractivity contribution in [2.24, 2.45) is 5.73 Å². The van der Waals surface area contributed by atoms with E-state index < -0.39 is 9.84 Å². The predicted octanol–water partition coefficient (Wildman–Crippen LogP) is 1.96. The third-order valence-corrected chi connectivity index (χ3v) is 5.89. The van der Waals surface area contributed by atoms with Gasteiger partial charge in [0.2, 0.25) is 0 Å². The molecule has 0 saturated heterocycles. The molecule has 2 atom stereocenters. The summed E-state index contributed by atoms with van der Waals surface area (Å²) < 4.78 is 24.8. The Morgan fingerprint density at radius 2 is 1.88 bits per heavy atom. The maximum Gasteiger partial charge on any atom is 0.181 e. The van der Waals surface area contributed by atoms with Crippen molar-refractivity contribution in [3.8, 4) is 0 Å². The summed E-state index contributed by atoms with van der Waals surface area (Å²) in [6, 6.07) is 5.40. The highest BCUT2D eigenvalue weighted by Crippen LogP contribution is 2.29. The van der Waals surface area contributed by atoms with Crippen molar-refractivity contribution in [1.29, 1.82) is 0 Å². The molecule has 0 radical (unpaired) electrons. The SMILES string of the molecule is Cc1ccc(S(=O)(=O)C2CCC(N)C2)cc1C. The maximum absolute atomic E-state index is 12.4. The summed E-state index contributed by atoms with van der Waals surface area (Å²) in [6.45, 7) is 3.92. The summed E-state index contributed by atoms with van der Waals surface area (Å²) in [5.41, 5.74) is 7.93. The Balaban J connectivity index is 2.35. The molecule has 1 aliphatic rings. The molecular formula is C13H19NO2S. The smallest absolute Gasteiger partial charge is 0.181 e. The van der Waals surface area contributed by atoms with Gasteiger partial charge in [-0.25, -0.2) is 8.42 Å². The first-order valence-corrected chi connectivity index (χ1v) is 7.52. The average molecular weight is 253 g/mol. The number of aryl methyl sites for hydroxylation is 2. The molecule has 1 aromatic carbocycles. The van der Waals surface area contributed by atoms with Crippen LogP contribution in [0.5, 0.6) is 0 Å². The van der Waals surface area contributed by atoms with Crippen molar-refractivity contribution >= 4 is 9.84 Å². The minimum absolute atomic E-state index is 0.0429. The van der Waals surface area contributed by atoms with Crippen molar-refractivity contribution < 1.29 is 8.42 Å². The van der Waals surface area contributed by atoms with Gasteiger partial charge in [0.05, 0.1) is 10.1 Å². The van der Waals surface area contributed by atoms with E-state index in [0.29, 0.717) is 17.7 Å². The quantitative estimate of drug-likeness (QED) is 0.876. The van der Waals surface area contributed by atoms with Crippen molar-refractivity contribution in [1.82, 2.24) is 0 Å². The second kappa shape index (κ2) is 4.42. The van der Waals surface area contributed by atoms with E-state index in [1.54, 1.807) is 12.1 Å². The third-order valence-electron chi connectivity index (χ3n) is 3.67. The third kappa shape index (κ3) is 2.38. The zero-order chi connectivity index (χ0) is 12.6. The number of hydrogen-bond acceptors (Lipinski definition) is 3. The Bertz CT molecular complexity index is 522. The standard InChI is InChI=1S/C13H19NO2S/c1-9-3-5-12(7-10(9)2)17(15,16)13-6-4-11(14)8-13/h3,5,7,11,13H,4,6,8,14H2,1-2H3. The van der Waals surface area contributed by atoms with Gasteiger partial charge in [0, 0.05) is 6.04 Å². The van der Waals surface area contributed by atoms with E-state index in [9.17, 15) is 8.42 Å². The minimum Gasteiger partial charge on any atom is -0.328 e. The molecule has 0 heterocycles. The predicted molar refractivity (Wildman–Crippen MR) is 68.7 cm³/mol. The van der Waals surface area contributed by atoms with Crippen molar-refractivity contribution in [2.45, 2.75) is 49.3 Å². The molecule has 0 spiro atoms. The fraction of sp³-hybridized carbons (Fsp3) is 0.538. The zero-order valence-electron chi connectivity index (χ0n) is 10.3. The lowest BCUT2D eigenvalue weighted by Gasteiger charge is -2.12. The van der Waals surface area contributed by atoms with Crippen molar-refractivity contribution in [3.05, 3.63) is 29.3 Å². The zero-order valence-corrected chi connectivity index (χ0v) is 11.1. The second-order valence-electron chi connectivity index (χ2n) is 4.99. The largest absolute Gasteiger partial charge is 0.328 e. The van der Waals surface area contributed by atoms with E-state index in [0.717, 1.165) is 17.5 Å². The molecule has 1 saturated carbocycles. The van der Waals surface area contributed by atoms with Crippen LogP contribution in [0.1, 0.15) is 30.4 Å². The molecule has 2 N–H and O–H groups in total. The van der Waals surface area contributed by atoms with Gasteiger partial charge in [-0.05, 0) is 56.4 Å². The van der Waals surface area contributed by atoms with Crippen LogP contribution in [0.4, 0.5) is 0 Å². The summed E-state index contributed by atoms with van der Waals surface area (Å²) in [7, 11) is -3.19. The van der Waals surface area contributed by atoms with Gasteiger partial charge in [0.1, 0.15) is 0 Å². The molecule has 0 bridgehead atoms. The Labute approximate surface area is 103 Å². The van der Waals surface area contributed by atoms with Crippen LogP contribution in [0.25, 0.3) is 0 Å². The van der Waals surface area contributed by atoms with E-state index in [-0.39, 0.29) is 11.3 Å². The highest BCUT2D eigenvalue weighted by atomic mass is 32.2. The molecule has 17 heavy (non-hydrogen) atoms. The molecule has 2 unspecified atom stereocenters. The molecule has 4 heteroatoms. The molecule has 0 amide bonds. The first-order valence-electron chi connectivity index (χ1n) is 5.98. The van der Waals surface area contributed by atoms with Gasteiger partial charge < -0.3 is 5.73 Å². The van der Waals surface area contributed by atoms with Crippen LogP contribution in [0.3, 0.4) is 0 Å².